The predicted octanol–water partition coefficient (Wildman–Crippen LogP) is 3.95. The molecule has 2 aromatic rings. The van der Waals surface area contributed by atoms with Crippen LogP contribution in [0.5, 0.6) is 0 Å². The summed E-state index contributed by atoms with van der Waals surface area (Å²) in [4.78, 5) is 48.8. The first-order valence-electron chi connectivity index (χ1n) is 12.4. The topological polar surface area (TPSA) is 82.6 Å². The number of carbonyl (C=O) groups excluding carboxylic acids is 3. The molecule has 34 heavy (non-hydrogen) atoms. The van der Waals surface area contributed by atoms with Crippen LogP contribution in [-0.2, 0) is 21.5 Å². The lowest BCUT2D eigenvalue weighted by Gasteiger charge is -2.40. The van der Waals surface area contributed by atoms with Crippen molar-refractivity contribution < 1.29 is 14.4 Å². The predicted molar refractivity (Wildman–Crippen MR) is 130 cm³/mol. The van der Waals surface area contributed by atoms with Crippen LogP contribution in [0.3, 0.4) is 0 Å². The van der Waals surface area contributed by atoms with E-state index in [1.54, 1.807) is 17.5 Å². The molecule has 3 aliphatic rings. The molecule has 180 valence electrons. The SMILES string of the molecule is O=C(CC1CCCC1)N1CCC(C2(c3ccccn3)NC(=O)N(CCc3cccs3)C2=O)CC1. The van der Waals surface area contributed by atoms with E-state index in [0.717, 1.165) is 17.7 Å². The molecule has 0 aromatic carbocycles. The molecule has 1 unspecified atom stereocenters. The number of nitrogens with zero attached hydrogens (tertiary/aromatic N) is 3. The van der Waals surface area contributed by atoms with E-state index in [-0.39, 0.29) is 23.8 Å². The molecule has 2 saturated heterocycles. The highest BCUT2D eigenvalue weighted by Gasteiger charge is 2.58. The van der Waals surface area contributed by atoms with Crippen molar-refractivity contribution in [2.45, 2.75) is 56.9 Å². The summed E-state index contributed by atoms with van der Waals surface area (Å²) in [6.45, 7) is 1.57. The van der Waals surface area contributed by atoms with Gasteiger partial charge in [-0.15, -0.1) is 11.3 Å². The summed E-state index contributed by atoms with van der Waals surface area (Å²) in [6, 6.07) is 9.15. The third-order valence-electron chi connectivity index (χ3n) is 7.76. The summed E-state index contributed by atoms with van der Waals surface area (Å²) in [5.74, 6) is 0.430. The molecule has 1 saturated carbocycles. The van der Waals surface area contributed by atoms with E-state index in [4.69, 9.17) is 0 Å². The van der Waals surface area contributed by atoms with Crippen molar-refractivity contribution in [1.29, 1.82) is 0 Å². The molecule has 2 aliphatic heterocycles. The van der Waals surface area contributed by atoms with E-state index in [1.807, 2.05) is 40.6 Å². The maximum Gasteiger partial charge on any atom is 0.325 e. The zero-order chi connectivity index (χ0) is 23.5. The first kappa shape index (κ1) is 23.0. The Morgan fingerprint density at radius 1 is 1.09 bits per heavy atom. The van der Waals surface area contributed by atoms with Crippen molar-refractivity contribution in [3.63, 3.8) is 0 Å². The third-order valence-corrected chi connectivity index (χ3v) is 8.70. The first-order valence-corrected chi connectivity index (χ1v) is 13.3. The van der Waals surface area contributed by atoms with Crippen molar-refractivity contribution in [1.82, 2.24) is 20.1 Å². The Balaban J connectivity index is 1.32. The minimum Gasteiger partial charge on any atom is -0.343 e. The minimum atomic E-state index is -1.17. The molecule has 1 N–H and O–H groups in total. The highest BCUT2D eigenvalue weighted by atomic mass is 32.1. The van der Waals surface area contributed by atoms with Gasteiger partial charge in [0.25, 0.3) is 5.91 Å². The van der Waals surface area contributed by atoms with Gasteiger partial charge in [-0.1, -0.05) is 25.0 Å². The standard InChI is InChI=1S/C26H32N4O3S/c31-23(18-19-6-1-2-7-19)29-14-10-20(11-15-29)26(22-9-3-4-13-27-22)24(32)30(25(33)28-26)16-12-21-8-5-17-34-21/h3-5,8-9,13,17,19-20H,1-2,6-7,10-12,14-16,18H2,(H,28,33). The molecule has 3 fully saturated rings. The van der Waals surface area contributed by atoms with E-state index < -0.39 is 5.54 Å². The average Bonchev–Trinajstić information content (AvgIpc) is 3.61. The van der Waals surface area contributed by atoms with Crippen LogP contribution in [0.15, 0.2) is 41.9 Å². The number of piperidine rings is 1. The van der Waals surface area contributed by atoms with Crippen LogP contribution < -0.4 is 5.32 Å². The van der Waals surface area contributed by atoms with Crippen LogP contribution in [0, 0.1) is 11.8 Å². The Morgan fingerprint density at radius 2 is 1.88 bits per heavy atom. The van der Waals surface area contributed by atoms with Crippen molar-refractivity contribution in [3.8, 4) is 0 Å². The van der Waals surface area contributed by atoms with Gasteiger partial charge in [0.1, 0.15) is 0 Å². The highest BCUT2D eigenvalue weighted by Crippen LogP contribution is 2.41. The van der Waals surface area contributed by atoms with Gasteiger partial charge < -0.3 is 10.2 Å². The number of aromatic nitrogens is 1. The molecule has 4 heterocycles. The molecule has 5 rings (SSSR count). The number of thiophene rings is 1. The molecule has 1 aliphatic carbocycles. The zero-order valence-electron chi connectivity index (χ0n) is 19.4. The molecule has 0 radical (unpaired) electrons. The number of imide groups is 1. The number of amides is 4. The van der Waals surface area contributed by atoms with Crippen LogP contribution in [0.2, 0.25) is 0 Å². The summed E-state index contributed by atoms with van der Waals surface area (Å²) in [5, 5.41) is 5.06. The summed E-state index contributed by atoms with van der Waals surface area (Å²) >= 11 is 1.63. The summed E-state index contributed by atoms with van der Waals surface area (Å²) in [7, 11) is 0. The van der Waals surface area contributed by atoms with Gasteiger partial charge in [0.05, 0.1) is 5.69 Å². The van der Waals surface area contributed by atoms with Gasteiger partial charge in [-0.2, -0.15) is 0 Å². The number of nitrogens with one attached hydrogen (secondary N) is 1. The molecule has 4 amide bonds. The van der Waals surface area contributed by atoms with Gasteiger partial charge in [0.2, 0.25) is 5.91 Å². The molecule has 1 atom stereocenters. The van der Waals surface area contributed by atoms with E-state index in [9.17, 15) is 14.4 Å². The lowest BCUT2D eigenvalue weighted by molar-refractivity contribution is -0.137. The molecule has 0 spiro atoms. The molecular weight excluding hydrogens is 448 g/mol. The molecule has 2 aromatic heterocycles. The smallest absolute Gasteiger partial charge is 0.325 e. The van der Waals surface area contributed by atoms with Crippen molar-refractivity contribution >= 4 is 29.2 Å². The van der Waals surface area contributed by atoms with Gasteiger partial charge in [-0.25, -0.2) is 4.79 Å². The zero-order valence-corrected chi connectivity index (χ0v) is 20.3. The van der Waals surface area contributed by atoms with Crippen LogP contribution >= 0.6 is 11.3 Å². The summed E-state index contributed by atoms with van der Waals surface area (Å²) in [6.07, 6.45) is 9.07. The number of hydrogen-bond donors (Lipinski definition) is 1. The van der Waals surface area contributed by atoms with E-state index in [0.29, 0.717) is 56.9 Å². The van der Waals surface area contributed by atoms with Crippen molar-refractivity contribution in [2.24, 2.45) is 11.8 Å². The van der Waals surface area contributed by atoms with Gasteiger partial charge in [0.15, 0.2) is 5.54 Å². The molecular formula is C26H32N4O3S. The van der Waals surface area contributed by atoms with Crippen LogP contribution in [0.25, 0.3) is 0 Å². The largest absolute Gasteiger partial charge is 0.343 e. The fourth-order valence-corrected chi connectivity index (χ4v) is 6.58. The van der Waals surface area contributed by atoms with Gasteiger partial charge in [-0.05, 0) is 61.6 Å². The van der Waals surface area contributed by atoms with Gasteiger partial charge >= 0.3 is 6.03 Å². The van der Waals surface area contributed by atoms with E-state index >= 15 is 0 Å². The Labute approximate surface area is 204 Å². The first-order chi connectivity index (χ1) is 16.6. The lowest BCUT2D eigenvalue weighted by atomic mass is 9.75. The minimum absolute atomic E-state index is 0.110. The van der Waals surface area contributed by atoms with E-state index in [2.05, 4.69) is 10.3 Å². The second-order valence-electron chi connectivity index (χ2n) is 9.75. The van der Waals surface area contributed by atoms with Crippen LogP contribution in [-0.4, -0.2) is 52.3 Å². The van der Waals surface area contributed by atoms with Crippen molar-refractivity contribution in [3.05, 3.63) is 52.5 Å². The number of rotatable bonds is 7. The number of hydrogen-bond acceptors (Lipinski definition) is 5. The number of pyridine rings is 1. The summed E-state index contributed by atoms with van der Waals surface area (Å²) in [5.41, 5.74) is -0.586. The van der Waals surface area contributed by atoms with Crippen LogP contribution in [0.4, 0.5) is 4.79 Å². The molecule has 0 bridgehead atoms. The second-order valence-corrected chi connectivity index (χ2v) is 10.8. The quantitative estimate of drug-likeness (QED) is 0.609. The number of likely N-dealkylation sites (tertiary alicyclic amines) is 1. The monoisotopic (exact) mass is 480 g/mol. The second kappa shape index (κ2) is 9.86. The third kappa shape index (κ3) is 4.35. The molecule has 8 heteroatoms. The van der Waals surface area contributed by atoms with Crippen LogP contribution in [0.1, 0.15) is 55.5 Å². The van der Waals surface area contributed by atoms with Gasteiger partial charge in [0, 0.05) is 43.0 Å². The lowest BCUT2D eigenvalue weighted by Crippen LogP contribution is -2.54. The fraction of sp³-hybridized carbons (Fsp3) is 0.538. The Kier molecular flexibility index (Phi) is 6.68. The normalized spacial score (nSPS) is 24.1. The fourth-order valence-electron chi connectivity index (χ4n) is 5.88. The molecule has 7 nitrogen and oxygen atoms in total. The Hall–Kier alpha value is -2.74. The highest BCUT2D eigenvalue weighted by molar-refractivity contribution is 7.09. The Morgan fingerprint density at radius 3 is 2.56 bits per heavy atom. The average molecular weight is 481 g/mol. The van der Waals surface area contributed by atoms with Crippen molar-refractivity contribution in [2.75, 3.05) is 19.6 Å². The maximum atomic E-state index is 13.9. The van der Waals surface area contributed by atoms with E-state index in [1.165, 1.54) is 17.7 Å². The number of carbonyl (C=O) groups is 3. The Bertz CT molecular complexity index is 1010. The maximum absolute atomic E-state index is 13.9. The summed E-state index contributed by atoms with van der Waals surface area (Å²) < 4.78 is 0. The van der Waals surface area contributed by atoms with Gasteiger partial charge in [-0.3, -0.25) is 19.5 Å². The number of urea groups is 1.